The number of amidine groups is 1. The van der Waals surface area contributed by atoms with E-state index in [2.05, 4.69) is 37.8 Å². The number of thiazole rings is 1. The number of aryl methyl sites for hydroxylation is 1. The number of H-pyrrole nitrogens is 1. The van der Waals surface area contributed by atoms with Gasteiger partial charge in [-0.2, -0.15) is 9.52 Å². The summed E-state index contributed by atoms with van der Waals surface area (Å²) in [6.07, 6.45) is 1.67. The van der Waals surface area contributed by atoms with Crippen molar-refractivity contribution in [3.63, 3.8) is 0 Å². The first kappa shape index (κ1) is 27.4. The van der Waals surface area contributed by atoms with Gasteiger partial charge in [0.25, 0.3) is 5.91 Å². The topological polar surface area (TPSA) is 187 Å². The summed E-state index contributed by atoms with van der Waals surface area (Å²) in [6.45, 7) is 3.32. The van der Waals surface area contributed by atoms with Gasteiger partial charge in [-0.3, -0.25) is 10.2 Å². The molecule has 2 atom stereocenters. The number of carbonyl (C=O) groups excluding carboxylic acids is 1. The maximum absolute atomic E-state index is 13.8. The highest BCUT2D eigenvalue weighted by atomic mass is 32.2. The number of fused-ring (bicyclic) bond motifs is 2. The monoisotopic (exact) mass is 594 g/mol. The van der Waals surface area contributed by atoms with Gasteiger partial charge >= 0.3 is 0 Å². The number of aromatic amines is 1. The SMILES string of the molecule is CC1Cc2nc(C(=O)N3CCN(S(=O)(=O)c4ccc5cc(C(=N)N)ccc5c4)CC3CCc3nn[nH]n3)sc2CN1. The fourth-order valence-corrected chi connectivity index (χ4v) is 7.87. The Kier molecular flexibility index (Phi) is 7.27. The van der Waals surface area contributed by atoms with Crippen LogP contribution in [-0.4, -0.2) is 86.7 Å². The Bertz CT molecular complexity index is 1720. The molecule has 41 heavy (non-hydrogen) atoms. The third-order valence-electron chi connectivity index (χ3n) is 7.63. The van der Waals surface area contributed by atoms with Gasteiger partial charge in [-0.1, -0.05) is 23.4 Å². The molecule has 2 aromatic carbocycles. The molecule has 2 aliphatic heterocycles. The second kappa shape index (κ2) is 10.9. The maximum Gasteiger partial charge on any atom is 0.283 e. The molecule has 2 aliphatic rings. The largest absolute Gasteiger partial charge is 0.384 e. The van der Waals surface area contributed by atoms with Crippen LogP contribution in [0.3, 0.4) is 0 Å². The number of amides is 1. The van der Waals surface area contributed by atoms with Crippen molar-refractivity contribution in [1.82, 2.24) is 40.1 Å². The molecule has 2 aromatic heterocycles. The first-order valence-electron chi connectivity index (χ1n) is 13.3. The zero-order valence-corrected chi connectivity index (χ0v) is 24.0. The third kappa shape index (κ3) is 5.45. The quantitative estimate of drug-likeness (QED) is 0.181. The number of nitrogens with one attached hydrogen (secondary N) is 3. The van der Waals surface area contributed by atoms with E-state index in [9.17, 15) is 13.2 Å². The van der Waals surface area contributed by atoms with Crippen LogP contribution in [0.5, 0.6) is 0 Å². The van der Waals surface area contributed by atoms with E-state index < -0.39 is 16.1 Å². The molecule has 5 N–H and O–H groups in total. The highest BCUT2D eigenvalue weighted by molar-refractivity contribution is 7.89. The third-order valence-corrected chi connectivity index (χ3v) is 10.6. The van der Waals surface area contributed by atoms with Gasteiger partial charge in [0, 0.05) is 61.5 Å². The zero-order valence-electron chi connectivity index (χ0n) is 22.4. The highest BCUT2D eigenvalue weighted by Gasteiger charge is 2.38. The second-order valence-corrected chi connectivity index (χ2v) is 13.4. The standard InChI is InChI=1S/C26H30N10O3S2/c1-15-10-21-22(13-29-15)40-25(30-21)26(37)36-9-8-35(14-19(36)5-7-23-31-33-34-32-23)41(38,39)20-6-4-16-11-18(24(27)28)3-2-17(16)12-20/h2-4,6,11-12,15,19,29H,5,7-10,13-14H2,1H3,(H3,27,28)(H,31,32,33,34). The Morgan fingerprint density at radius 2 is 2.00 bits per heavy atom. The Morgan fingerprint density at radius 3 is 2.78 bits per heavy atom. The van der Waals surface area contributed by atoms with Gasteiger partial charge in [0.1, 0.15) is 5.84 Å². The van der Waals surface area contributed by atoms with Crippen LogP contribution in [0.4, 0.5) is 0 Å². The average Bonchev–Trinajstić information content (AvgIpc) is 3.65. The molecule has 1 fully saturated rings. The lowest BCUT2D eigenvalue weighted by atomic mass is 10.1. The normalized spacial score (nSPS) is 19.8. The van der Waals surface area contributed by atoms with E-state index in [1.54, 1.807) is 41.3 Å². The van der Waals surface area contributed by atoms with Crippen molar-refractivity contribution in [3.8, 4) is 0 Å². The summed E-state index contributed by atoms with van der Waals surface area (Å²) < 4.78 is 29.1. The summed E-state index contributed by atoms with van der Waals surface area (Å²) in [5.41, 5.74) is 7.14. The lowest BCUT2D eigenvalue weighted by molar-refractivity contribution is 0.0550. The van der Waals surface area contributed by atoms with Crippen molar-refractivity contribution in [1.29, 1.82) is 5.41 Å². The maximum atomic E-state index is 13.8. The van der Waals surface area contributed by atoms with Crippen LogP contribution in [0, 0.1) is 5.41 Å². The number of tetrazole rings is 1. The van der Waals surface area contributed by atoms with Gasteiger partial charge in [-0.05, 0) is 42.3 Å². The number of piperazine rings is 1. The molecular weight excluding hydrogens is 564 g/mol. The number of nitrogens with zero attached hydrogens (tertiary/aromatic N) is 6. The van der Waals surface area contributed by atoms with E-state index in [1.807, 2.05) is 0 Å². The van der Waals surface area contributed by atoms with Gasteiger partial charge in [0.2, 0.25) is 10.0 Å². The first-order chi connectivity index (χ1) is 19.7. The van der Waals surface area contributed by atoms with E-state index >= 15 is 0 Å². The highest BCUT2D eigenvalue weighted by Crippen LogP contribution is 2.29. The summed E-state index contributed by atoms with van der Waals surface area (Å²) in [4.78, 5) is 21.4. The van der Waals surface area contributed by atoms with Crippen LogP contribution in [0.2, 0.25) is 0 Å². The first-order valence-corrected chi connectivity index (χ1v) is 15.6. The fourth-order valence-electron chi connectivity index (χ4n) is 5.37. The van der Waals surface area contributed by atoms with Crippen molar-refractivity contribution in [2.75, 3.05) is 19.6 Å². The minimum absolute atomic E-state index is 0.0491. The van der Waals surface area contributed by atoms with E-state index in [4.69, 9.17) is 11.1 Å². The number of hydrogen-bond acceptors (Lipinski definition) is 10. The predicted octanol–water partition coefficient (Wildman–Crippen LogP) is 1.28. The van der Waals surface area contributed by atoms with Crippen LogP contribution in [0.15, 0.2) is 41.3 Å². The van der Waals surface area contributed by atoms with Crippen LogP contribution >= 0.6 is 11.3 Å². The number of nitrogen functional groups attached to an aromatic ring is 1. The van der Waals surface area contributed by atoms with E-state index in [-0.39, 0.29) is 36.3 Å². The van der Waals surface area contributed by atoms with E-state index in [0.717, 1.165) is 27.8 Å². The Hall–Kier alpha value is -3.79. The molecule has 0 bridgehead atoms. The fraction of sp³-hybridized carbons (Fsp3) is 0.385. The molecule has 2 unspecified atom stereocenters. The molecule has 214 valence electrons. The van der Waals surface area contributed by atoms with Crippen molar-refractivity contribution in [3.05, 3.63) is 63.4 Å². The zero-order chi connectivity index (χ0) is 28.7. The molecule has 1 saturated heterocycles. The molecule has 0 radical (unpaired) electrons. The van der Waals surface area contributed by atoms with Gasteiger partial charge in [0.15, 0.2) is 10.8 Å². The minimum atomic E-state index is -3.85. The molecule has 4 aromatic rings. The lowest BCUT2D eigenvalue weighted by Gasteiger charge is -2.40. The Morgan fingerprint density at radius 1 is 1.20 bits per heavy atom. The predicted molar refractivity (Wildman–Crippen MR) is 153 cm³/mol. The molecule has 13 nitrogen and oxygen atoms in total. The summed E-state index contributed by atoms with van der Waals surface area (Å²) >= 11 is 1.41. The number of carbonyl (C=O) groups is 1. The molecule has 15 heteroatoms. The van der Waals surface area contributed by atoms with Crippen molar-refractivity contribution in [2.24, 2.45) is 5.73 Å². The summed E-state index contributed by atoms with van der Waals surface area (Å²) in [7, 11) is -3.85. The number of rotatable bonds is 7. The Labute approximate surface area is 240 Å². The van der Waals surface area contributed by atoms with Gasteiger partial charge in [0.05, 0.1) is 10.6 Å². The molecule has 1 amide bonds. The van der Waals surface area contributed by atoms with Crippen molar-refractivity contribution in [2.45, 2.75) is 49.7 Å². The van der Waals surface area contributed by atoms with E-state index in [1.165, 1.54) is 15.6 Å². The van der Waals surface area contributed by atoms with Crippen LogP contribution in [-0.2, 0) is 29.4 Å². The van der Waals surface area contributed by atoms with Crippen molar-refractivity contribution >= 4 is 43.9 Å². The van der Waals surface area contributed by atoms with Crippen LogP contribution < -0.4 is 11.1 Å². The Balaban J connectivity index is 1.25. The summed E-state index contributed by atoms with van der Waals surface area (Å²) in [5.74, 6) is 0.271. The molecule has 0 saturated carbocycles. The smallest absolute Gasteiger partial charge is 0.283 e. The van der Waals surface area contributed by atoms with Crippen LogP contribution in [0.25, 0.3) is 10.8 Å². The van der Waals surface area contributed by atoms with Gasteiger partial charge in [-0.25, -0.2) is 13.4 Å². The second-order valence-electron chi connectivity index (χ2n) is 10.4. The number of benzene rings is 2. The molecular formula is C26H30N10O3S2. The van der Waals surface area contributed by atoms with E-state index in [0.29, 0.717) is 41.8 Å². The average molecular weight is 595 g/mol. The van der Waals surface area contributed by atoms with Crippen LogP contribution in [0.1, 0.15) is 45.1 Å². The lowest BCUT2D eigenvalue weighted by Crippen LogP contribution is -2.56. The summed E-state index contributed by atoms with van der Waals surface area (Å²) in [5, 5.41) is 27.1. The van der Waals surface area contributed by atoms with Gasteiger partial charge < -0.3 is 16.0 Å². The molecule has 0 aliphatic carbocycles. The molecule has 6 rings (SSSR count). The van der Waals surface area contributed by atoms with Gasteiger partial charge in [-0.15, -0.1) is 21.5 Å². The number of sulfonamides is 1. The minimum Gasteiger partial charge on any atom is -0.384 e. The van der Waals surface area contributed by atoms with Crippen molar-refractivity contribution < 1.29 is 13.2 Å². The summed E-state index contributed by atoms with van der Waals surface area (Å²) in [6, 6.07) is 10.1. The molecule has 4 heterocycles. The number of aromatic nitrogens is 5. The molecule has 0 spiro atoms. The number of nitrogens with two attached hydrogens (primary N) is 1. The number of hydrogen-bond donors (Lipinski definition) is 4.